The lowest BCUT2D eigenvalue weighted by Crippen LogP contribution is -2.52. The van der Waals surface area contributed by atoms with E-state index in [1.165, 1.54) is 18.2 Å². The summed E-state index contributed by atoms with van der Waals surface area (Å²) in [4.78, 5) is 16.4. The second-order valence-corrected chi connectivity index (χ2v) is 8.94. The molecule has 1 heterocycles. The van der Waals surface area contributed by atoms with Gasteiger partial charge in [-0.1, -0.05) is 17.7 Å². The number of hydrogen-bond donors (Lipinski definition) is 0. The van der Waals surface area contributed by atoms with Gasteiger partial charge in [0.1, 0.15) is 12.4 Å². The van der Waals surface area contributed by atoms with Gasteiger partial charge in [-0.05, 0) is 42.5 Å². The van der Waals surface area contributed by atoms with Gasteiger partial charge in [0.05, 0.1) is 11.9 Å². The standard InChI is InChI=1S/C19H21ClFN3O3S/c1-28(26,27)24(18-4-2-3-15(20)13-18)14-19(25)23-11-9-22(10-12-23)17-7-5-16(21)6-8-17/h2-8,13H,9-12,14H2,1H3. The Labute approximate surface area is 169 Å². The molecule has 2 aromatic rings. The zero-order valence-corrected chi connectivity index (χ0v) is 17.0. The van der Waals surface area contributed by atoms with Crippen molar-refractivity contribution in [3.63, 3.8) is 0 Å². The van der Waals surface area contributed by atoms with Crippen molar-refractivity contribution in [1.29, 1.82) is 0 Å². The number of carbonyl (C=O) groups excluding carboxylic acids is 1. The van der Waals surface area contributed by atoms with Crippen molar-refractivity contribution < 1.29 is 17.6 Å². The number of anilines is 2. The minimum absolute atomic E-state index is 0.274. The van der Waals surface area contributed by atoms with Crippen LogP contribution in [0.15, 0.2) is 48.5 Å². The molecule has 28 heavy (non-hydrogen) atoms. The van der Waals surface area contributed by atoms with E-state index < -0.39 is 10.0 Å². The van der Waals surface area contributed by atoms with Crippen molar-refractivity contribution in [2.45, 2.75) is 0 Å². The van der Waals surface area contributed by atoms with Crippen LogP contribution in [-0.2, 0) is 14.8 Å². The first kappa shape index (κ1) is 20.4. The zero-order chi connectivity index (χ0) is 20.3. The minimum Gasteiger partial charge on any atom is -0.368 e. The van der Waals surface area contributed by atoms with Crippen LogP contribution in [0.4, 0.5) is 15.8 Å². The summed E-state index contributed by atoms with van der Waals surface area (Å²) in [5.74, 6) is -0.566. The Bertz CT molecular complexity index is 945. The summed E-state index contributed by atoms with van der Waals surface area (Å²) in [6.45, 7) is 1.82. The summed E-state index contributed by atoms with van der Waals surface area (Å²) in [5.41, 5.74) is 1.25. The highest BCUT2D eigenvalue weighted by atomic mass is 35.5. The van der Waals surface area contributed by atoms with E-state index in [4.69, 9.17) is 11.6 Å². The van der Waals surface area contributed by atoms with E-state index in [2.05, 4.69) is 4.90 Å². The fourth-order valence-corrected chi connectivity index (χ4v) is 4.15. The Balaban J connectivity index is 1.66. The van der Waals surface area contributed by atoms with E-state index >= 15 is 0 Å². The quantitative estimate of drug-likeness (QED) is 0.738. The molecule has 0 unspecified atom stereocenters. The molecule has 0 N–H and O–H groups in total. The van der Waals surface area contributed by atoms with Crippen molar-refractivity contribution in [3.05, 3.63) is 59.4 Å². The molecule has 1 amide bonds. The van der Waals surface area contributed by atoms with Gasteiger partial charge in [0.15, 0.2) is 0 Å². The highest BCUT2D eigenvalue weighted by Crippen LogP contribution is 2.22. The molecule has 3 rings (SSSR count). The normalized spacial score (nSPS) is 14.8. The van der Waals surface area contributed by atoms with Gasteiger partial charge < -0.3 is 9.80 Å². The molecule has 2 aromatic carbocycles. The molecule has 1 fully saturated rings. The molecule has 0 saturated carbocycles. The smallest absolute Gasteiger partial charge is 0.243 e. The predicted octanol–water partition coefficient (Wildman–Crippen LogP) is 2.59. The molecule has 1 aliphatic rings. The second-order valence-electron chi connectivity index (χ2n) is 6.59. The van der Waals surface area contributed by atoms with Gasteiger partial charge in [-0.3, -0.25) is 9.10 Å². The summed E-state index contributed by atoms with van der Waals surface area (Å²) >= 11 is 5.96. The fraction of sp³-hybridized carbons (Fsp3) is 0.316. The number of rotatable bonds is 5. The van der Waals surface area contributed by atoms with Crippen molar-refractivity contribution in [2.24, 2.45) is 0 Å². The van der Waals surface area contributed by atoms with Crippen LogP contribution >= 0.6 is 11.6 Å². The third kappa shape index (κ3) is 4.94. The Morgan fingerprint density at radius 2 is 1.75 bits per heavy atom. The molecule has 9 heteroatoms. The third-order valence-corrected chi connectivity index (χ3v) is 5.98. The number of nitrogens with zero attached hydrogens (tertiary/aromatic N) is 3. The highest BCUT2D eigenvalue weighted by Gasteiger charge is 2.26. The first-order valence-electron chi connectivity index (χ1n) is 8.75. The van der Waals surface area contributed by atoms with Crippen molar-refractivity contribution >= 4 is 38.9 Å². The van der Waals surface area contributed by atoms with Crippen LogP contribution in [0, 0.1) is 5.82 Å². The van der Waals surface area contributed by atoms with Gasteiger partial charge in [-0.25, -0.2) is 12.8 Å². The summed E-state index contributed by atoms with van der Waals surface area (Å²) in [6.07, 6.45) is 1.06. The monoisotopic (exact) mass is 425 g/mol. The predicted molar refractivity (Wildman–Crippen MR) is 109 cm³/mol. The molecule has 0 aliphatic carbocycles. The Morgan fingerprint density at radius 3 is 2.32 bits per heavy atom. The lowest BCUT2D eigenvalue weighted by atomic mass is 10.2. The summed E-state index contributed by atoms with van der Waals surface area (Å²) < 4.78 is 38.5. The summed E-state index contributed by atoms with van der Waals surface area (Å²) in [5, 5.41) is 0.395. The average molecular weight is 426 g/mol. The second kappa shape index (κ2) is 8.36. The van der Waals surface area contributed by atoms with Crippen LogP contribution < -0.4 is 9.21 Å². The van der Waals surface area contributed by atoms with E-state index in [0.717, 1.165) is 16.2 Å². The third-order valence-electron chi connectivity index (χ3n) is 4.60. The maximum atomic E-state index is 13.1. The van der Waals surface area contributed by atoms with Crippen molar-refractivity contribution in [1.82, 2.24) is 4.90 Å². The maximum absolute atomic E-state index is 13.1. The number of sulfonamides is 1. The maximum Gasteiger partial charge on any atom is 0.243 e. The first-order valence-corrected chi connectivity index (χ1v) is 11.0. The van der Waals surface area contributed by atoms with Gasteiger partial charge >= 0.3 is 0 Å². The van der Waals surface area contributed by atoms with Gasteiger partial charge in [0.2, 0.25) is 15.9 Å². The molecule has 1 aliphatic heterocycles. The van der Waals surface area contributed by atoms with Gasteiger partial charge in [-0.15, -0.1) is 0 Å². The Morgan fingerprint density at radius 1 is 1.11 bits per heavy atom. The topological polar surface area (TPSA) is 60.9 Å². The van der Waals surface area contributed by atoms with Crippen LogP contribution in [0.5, 0.6) is 0 Å². The average Bonchev–Trinajstić information content (AvgIpc) is 2.66. The lowest BCUT2D eigenvalue weighted by Gasteiger charge is -2.37. The van der Waals surface area contributed by atoms with E-state index in [1.807, 2.05) is 0 Å². The van der Waals surface area contributed by atoms with E-state index in [-0.39, 0.29) is 18.3 Å². The van der Waals surface area contributed by atoms with Gasteiger partial charge in [-0.2, -0.15) is 0 Å². The van der Waals surface area contributed by atoms with Crippen molar-refractivity contribution in [2.75, 3.05) is 48.2 Å². The van der Waals surface area contributed by atoms with Crippen LogP contribution in [0.25, 0.3) is 0 Å². The van der Waals surface area contributed by atoms with Crippen molar-refractivity contribution in [3.8, 4) is 0 Å². The number of carbonyl (C=O) groups is 1. The fourth-order valence-electron chi connectivity index (χ4n) is 3.12. The van der Waals surface area contributed by atoms with E-state index in [1.54, 1.807) is 35.2 Å². The molecule has 0 atom stereocenters. The van der Waals surface area contributed by atoms with Crippen LogP contribution in [0.3, 0.4) is 0 Å². The molecule has 6 nitrogen and oxygen atoms in total. The number of amides is 1. The summed E-state index contributed by atoms with van der Waals surface area (Å²) in [7, 11) is -3.65. The highest BCUT2D eigenvalue weighted by molar-refractivity contribution is 7.92. The molecular formula is C19H21ClFN3O3S. The van der Waals surface area contributed by atoms with E-state index in [9.17, 15) is 17.6 Å². The number of benzene rings is 2. The minimum atomic E-state index is -3.65. The van der Waals surface area contributed by atoms with Crippen LogP contribution in [0.1, 0.15) is 0 Å². The number of hydrogen-bond acceptors (Lipinski definition) is 4. The Kier molecular flexibility index (Phi) is 6.10. The molecule has 0 bridgehead atoms. The molecular weight excluding hydrogens is 405 g/mol. The molecule has 0 aromatic heterocycles. The largest absolute Gasteiger partial charge is 0.368 e. The lowest BCUT2D eigenvalue weighted by molar-refractivity contribution is -0.129. The van der Waals surface area contributed by atoms with Crippen LogP contribution in [0.2, 0.25) is 5.02 Å². The molecule has 1 saturated heterocycles. The number of halogens is 2. The molecule has 0 radical (unpaired) electrons. The summed E-state index contributed by atoms with van der Waals surface area (Å²) in [6, 6.07) is 12.6. The van der Waals surface area contributed by atoms with Gasteiger partial charge in [0, 0.05) is 36.9 Å². The SMILES string of the molecule is CS(=O)(=O)N(CC(=O)N1CCN(c2ccc(F)cc2)CC1)c1cccc(Cl)c1. The molecule has 150 valence electrons. The number of piperazine rings is 1. The van der Waals surface area contributed by atoms with Crippen LogP contribution in [-0.4, -0.2) is 58.2 Å². The first-order chi connectivity index (χ1) is 13.2. The Hall–Kier alpha value is -2.32. The van der Waals surface area contributed by atoms with Gasteiger partial charge in [0.25, 0.3) is 0 Å². The zero-order valence-electron chi connectivity index (χ0n) is 15.4. The molecule has 0 spiro atoms. The van der Waals surface area contributed by atoms with E-state index in [0.29, 0.717) is 36.9 Å².